The third-order valence-corrected chi connectivity index (χ3v) is 4.45. The van der Waals surface area contributed by atoms with Crippen molar-refractivity contribution in [2.45, 2.75) is 45.2 Å². The van der Waals surface area contributed by atoms with Gasteiger partial charge >= 0.3 is 6.43 Å². The topological polar surface area (TPSA) is 64.2 Å². The number of nitrogens with zero attached hydrogens (tertiary/aromatic N) is 4. The maximum Gasteiger partial charge on any atom is 0.314 e. The van der Waals surface area contributed by atoms with Gasteiger partial charge in [0.05, 0.1) is 0 Å². The van der Waals surface area contributed by atoms with E-state index >= 15 is 0 Å². The number of rotatable bonds is 4. The first-order valence-corrected chi connectivity index (χ1v) is 8.04. The molecule has 1 saturated heterocycles. The Bertz CT molecular complexity index is 749. The molecule has 0 radical (unpaired) electrons. The smallest absolute Gasteiger partial charge is 0.314 e. The Labute approximate surface area is 138 Å². The van der Waals surface area contributed by atoms with E-state index in [-0.39, 0.29) is 17.5 Å². The number of hydrogen-bond acceptors (Lipinski definition) is 5. The van der Waals surface area contributed by atoms with E-state index in [0.717, 1.165) is 25.9 Å². The zero-order valence-electron chi connectivity index (χ0n) is 13.7. The largest absolute Gasteiger partial charge is 0.415 e. The molecule has 1 fully saturated rings. The van der Waals surface area contributed by atoms with Gasteiger partial charge in [0.15, 0.2) is 0 Å². The molecule has 0 bridgehead atoms. The summed E-state index contributed by atoms with van der Waals surface area (Å²) in [4.78, 5) is 14.8. The Hall–Kier alpha value is -2.09. The predicted molar refractivity (Wildman–Crippen MR) is 83.9 cm³/mol. The summed E-state index contributed by atoms with van der Waals surface area (Å²) in [5.74, 6) is -0.806. The minimum absolute atomic E-state index is 0.0656. The van der Waals surface area contributed by atoms with E-state index in [1.54, 1.807) is 16.8 Å². The van der Waals surface area contributed by atoms with E-state index in [2.05, 4.69) is 28.9 Å². The van der Waals surface area contributed by atoms with Crippen LogP contribution in [0.25, 0.3) is 11.5 Å². The molecular formula is C16H20F2N4O2. The number of hydrogen-bond donors (Lipinski definition) is 0. The molecule has 0 atom stereocenters. The number of alkyl halides is 2. The second kappa shape index (κ2) is 6.80. The number of aromatic nitrogens is 3. The fraction of sp³-hybridized carbons (Fsp3) is 0.562. The summed E-state index contributed by atoms with van der Waals surface area (Å²) in [6.07, 6.45) is 0.679. The second-order valence-corrected chi connectivity index (χ2v) is 6.27. The monoisotopic (exact) mass is 338 g/mol. The van der Waals surface area contributed by atoms with E-state index < -0.39 is 12.3 Å². The van der Waals surface area contributed by atoms with Crippen LogP contribution < -0.4 is 5.56 Å². The lowest BCUT2D eigenvalue weighted by Gasteiger charge is -2.35. The Kier molecular flexibility index (Phi) is 4.75. The average Bonchev–Trinajstić information content (AvgIpc) is 3.05. The Morgan fingerprint density at radius 1 is 1.25 bits per heavy atom. The first kappa shape index (κ1) is 16.8. The number of pyridine rings is 1. The summed E-state index contributed by atoms with van der Waals surface area (Å²) in [5, 5.41) is 6.85. The summed E-state index contributed by atoms with van der Waals surface area (Å²) in [7, 11) is 0. The van der Waals surface area contributed by atoms with Gasteiger partial charge in [-0.25, -0.2) is 0 Å². The first-order chi connectivity index (χ1) is 11.5. The highest BCUT2D eigenvalue weighted by Crippen LogP contribution is 2.25. The molecule has 1 aliphatic rings. The highest BCUT2D eigenvalue weighted by molar-refractivity contribution is 5.51. The van der Waals surface area contributed by atoms with Crippen molar-refractivity contribution in [2.24, 2.45) is 0 Å². The van der Waals surface area contributed by atoms with Crippen LogP contribution in [0.4, 0.5) is 8.78 Å². The van der Waals surface area contributed by atoms with Gasteiger partial charge in [-0.05, 0) is 32.8 Å². The van der Waals surface area contributed by atoms with Crippen molar-refractivity contribution < 1.29 is 13.2 Å². The molecule has 24 heavy (non-hydrogen) atoms. The van der Waals surface area contributed by atoms with Gasteiger partial charge in [0.25, 0.3) is 11.4 Å². The maximum atomic E-state index is 12.5. The van der Waals surface area contributed by atoms with Crippen molar-refractivity contribution in [3.8, 4) is 11.5 Å². The molecule has 0 amide bonds. The summed E-state index contributed by atoms with van der Waals surface area (Å²) in [6.45, 7) is 6.24. The summed E-state index contributed by atoms with van der Waals surface area (Å²) >= 11 is 0. The normalized spacial score (nSPS) is 17.1. The van der Waals surface area contributed by atoms with E-state index in [1.165, 1.54) is 6.07 Å². The molecule has 1 aliphatic heterocycles. The van der Waals surface area contributed by atoms with Crippen LogP contribution in [0, 0.1) is 0 Å². The van der Waals surface area contributed by atoms with Gasteiger partial charge in [-0.15, -0.1) is 10.2 Å². The first-order valence-electron chi connectivity index (χ1n) is 8.04. The van der Waals surface area contributed by atoms with Gasteiger partial charge in [-0.1, -0.05) is 0 Å². The van der Waals surface area contributed by atoms with Gasteiger partial charge < -0.3 is 13.9 Å². The van der Waals surface area contributed by atoms with E-state index in [4.69, 9.17) is 4.42 Å². The molecule has 0 aliphatic carbocycles. The van der Waals surface area contributed by atoms with Crippen molar-refractivity contribution in [2.75, 3.05) is 13.1 Å². The Balaban J connectivity index is 1.77. The van der Waals surface area contributed by atoms with Crippen molar-refractivity contribution in [1.29, 1.82) is 0 Å². The van der Waals surface area contributed by atoms with Crippen LogP contribution >= 0.6 is 0 Å². The van der Waals surface area contributed by atoms with Gasteiger partial charge in [-0.2, -0.15) is 8.78 Å². The molecule has 3 rings (SSSR count). The lowest BCUT2D eigenvalue weighted by Crippen LogP contribution is -2.40. The van der Waals surface area contributed by atoms with Crippen LogP contribution in [0.1, 0.15) is 45.0 Å². The highest BCUT2D eigenvalue weighted by atomic mass is 19.3. The van der Waals surface area contributed by atoms with Crippen molar-refractivity contribution in [3.05, 3.63) is 34.6 Å². The van der Waals surface area contributed by atoms with Crippen molar-refractivity contribution >= 4 is 0 Å². The molecule has 3 heterocycles. The average molecular weight is 338 g/mol. The zero-order chi connectivity index (χ0) is 17.3. The van der Waals surface area contributed by atoms with Gasteiger partial charge in [0.1, 0.15) is 0 Å². The van der Waals surface area contributed by atoms with Gasteiger partial charge in [0.2, 0.25) is 5.89 Å². The molecule has 0 spiro atoms. The van der Waals surface area contributed by atoms with Gasteiger partial charge in [-0.3, -0.25) is 4.79 Å². The number of piperidine rings is 1. The van der Waals surface area contributed by atoms with Crippen LogP contribution in [0.2, 0.25) is 0 Å². The fourth-order valence-corrected chi connectivity index (χ4v) is 3.04. The second-order valence-electron chi connectivity index (χ2n) is 6.27. The summed E-state index contributed by atoms with van der Waals surface area (Å²) in [5.41, 5.74) is 0.169. The van der Waals surface area contributed by atoms with Crippen LogP contribution in [-0.2, 0) is 0 Å². The Morgan fingerprint density at radius 2 is 1.96 bits per heavy atom. The van der Waals surface area contributed by atoms with E-state index in [9.17, 15) is 13.6 Å². The molecule has 2 aromatic heterocycles. The van der Waals surface area contributed by atoms with Crippen LogP contribution in [0.15, 0.2) is 27.5 Å². The van der Waals surface area contributed by atoms with Crippen LogP contribution in [-0.4, -0.2) is 38.8 Å². The summed E-state index contributed by atoms with van der Waals surface area (Å²) < 4.78 is 31.6. The lowest BCUT2D eigenvalue weighted by atomic mass is 10.0. The zero-order valence-corrected chi connectivity index (χ0v) is 13.7. The number of likely N-dealkylation sites (tertiary alicyclic amines) is 1. The third kappa shape index (κ3) is 3.38. The minimum atomic E-state index is -2.82. The van der Waals surface area contributed by atoms with Gasteiger partial charge in [0, 0.05) is 43.0 Å². The quantitative estimate of drug-likeness (QED) is 0.858. The fourth-order valence-electron chi connectivity index (χ4n) is 3.04. The molecule has 8 heteroatoms. The Morgan fingerprint density at radius 3 is 2.50 bits per heavy atom. The highest BCUT2D eigenvalue weighted by Gasteiger charge is 2.23. The molecular weight excluding hydrogens is 318 g/mol. The standard InChI is InChI=1S/C16H20F2N4O2/c1-10(2)21-6-4-12(5-7-21)22-8-3-11(9-13(22)23)15-19-20-16(24-15)14(17)18/h3,8-10,12,14H,4-7H2,1-2H3. The van der Waals surface area contributed by atoms with Crippen LogP contribution in [0.3, 0.4) is 0 Å². The molecule has 130 valence electrons. The van der Waals surface area contributed by atoms with E-state index in [1.807, 2.05) is 0 Å². The molecule has 0 saturated carbocycles. The summed E-state index contributed by atoms with van der Waals surface area (Å²) in [6, 6.07) is 3.67. The number of halogens is 2. The van der Waals surface area contributed by atoms with Crippen molar-refractivity contribution in [1.82, 2.24) is 19.7 Å². The SMILES string of the molecule is CC(C)N1CCC(n2ccc(-c3nnc(C(F)F)o3)cc2=O)CC1. The molecule has 0 unspecified atom stereocenters. The molecule has 0 N–H and O–H groups in total. The lowest BCUT2D eigenvalue weighted by molar-refractivity contribution is 0.116. The van der Waals surface area contributed by atoms with E-state index in [0.29, 0.717) is 11.6 Å². The van der Waals surface area contributed by atoms with Crippen molar-refractivity contribution in [3.63, 3.8) is 0 Å². The molecule has 2 aromatic rings. The van der Waals surface area contributed by atoms with Crippen LogP contribution in [0.5, 0.6) is 0 Å². The molecule has 6 nitrogen and oxygen atoms in total. The predicted octanol–water partition coefficient (Wildman–Crippen LogP) is 2.88. The molecule has 0 aromatic carbocycles. The maximum absolute atomic E-state index is 12.5. The third-order valence-electron chi connectivity index (χ3n) is 4.45. The minimum Gasteiger partial charge on any atom is -0.415 e.